The van der Waals surface area contributed by atoms with Crippen molar-refractivity contribution in [3.63, 3.8) is 0 Å². The molecule has 0 atom stereocenters. The van der Waals surface area contributed by atoms with E-state index in [2.05, 4.69) is 18.9 Å². The average Bonchev–Trinajstić information content (AvgIpc) is 2.96. The van der Waals surface area contributed by atoms with Crippen molar-refractivity contribution in [1.82, 2.24) is 9.66 Å². The second-order valence-corrected chi connectivity index (χ2v) is 10.4. The fourth-order valence-corrected chi connectivity index (χ4v) is 4.77. The molecule has 0 saturated carbocycles. The molecule has 0 amide bonds. The lowest BCUT2D eigenvalue weighted by Crippen LogP contribution is -2.21. The quantitative estimate of drug-likeness (QED) is 0.179. The molecule has 5 rings (SSSR count). The summed E-state index contributed by atoms with van der Waals surface area (Å²) in [5, 5.41) is 5.56. The monoisotopic (exact) mass is 569 g/mol. The molecule has 0 bridgehead atoms. The predicted octanol–water partition coefficient (Wildman–Crippen LogP) is 7.76. The Balaban J connectivity index is 1.63. The maximum Gasteiger partial charge on any atom is 0.282 e. The molecule has 0 aliphatic rings. The van der Waals surface area contributed by atoms with E-state index in [1.54, 1.807) is 49.6 Å². The predicted molar refractivity (Wildman–Crippen MR) is 162 cm³/mol. The summed E-state index contributed by atoms with van der Waals surface area (Å²) in [5.74, 6) is 1.56. The third kappa shape index (κ3) is 6.00. The van der Waals surface area contributed by atoms with Crippen molar-refractivity contribution in [2.24, 2.45) is 5.10 Å². The van der Waals surface area contributed by atoms with Gasteiger partial charge < -0.3 is 9.47 Å². The molecule has 0 aliphatic carbocycles. The van der Waals surface area contributed by atoms with E-state index in [1.807, 2.05) is 31.2 Å². The van der Waals surface area contributed by atoms with Crippen molar-refractivity contribution in [3.8, 4) is 22.9 Å². The van der Waals surface area contributed by atoms with Gasteiger partial charge in [0.25, 0.3) is 5.56 Å². The number of nitrogens with zero attached hydrogens (tertiary/aromatic N) is 3. The van der Waals surface area contributed by atoms with Crippen LogP contribution >= 0.6 is 11.6 Å². The summed E-state index contributed by atoms with van der Waals surface area (Å²) in [7, 11) is 1.65. The number of ether oxygens (including phenoxy) is 2. The lowest BCUT2D eigenvalue weighted by atomic mass is 9.96. The number of methoxy groups -OCH3 is 1. The first-order valence-electron chi connectivity index (χ1n) is 13.2. The van der Waals surface area contributed by atoms with Gasteiger partial charge in [-0.15, -0.1) is 0 Å². The van der Waals surface area contributed by atoms with E-state index in [9.17, 15) is 9.18 Å². The number of rotatable bonds is 8. The maximum atomic E-state index is 13.8. The van der Waals surface area contributed by atoms with Gasteiger partial charge in [0.1, 0.15) is 23.9 Å². The Kier molecular flexibility index (Phi) is 8.17. The molecule has 0 fully saturated rings. The standard InChI is InChI=1S/C33H29ClFN3O3/c1-20(2)27-17-28(21(3)15-31(27)40-4)32-37-29-8-6-5-7-26(29)33(39)38(32)36-18-23-16-24(34)11-14-30(23)41-19-22-9-12-25(35)13-10-22/h5-18,20H,19H2,1-4H3. The Morgan fingerprint density at radius 1 is 1.02 bits per heavy atom. The normalized spacial score (nSPS) is 11.5. The van der Waals surface area contributed by atoms with Crippen molar-refractivity contribution in [3.05, 3.63) is 122 Å². The third-order valence-electron chi connectivity index (χ3n) is 6.79. The van der Waals surface area contributed by atoms with Gasteiger partial charge in [0.05, 0.1) is 24.2 Å². The number of para-hydroxylation sites is 1. The highest BCUT2D eigenvalue weighted by atomic mass is 35.5. The zero-order chi connectivity index (χ0) is 29.1. The number of hydrogen-bond donors (Lipinski definition) is 0. The minimum absolute atomic E-state index is 0.181. The van der Waals surface area contributed by atoms with Crippen LogP contribution in [0.4, 0.5) is 4.39 Å². The number of hydrogen-bond acceptors (Lipinski definition) is 5. The summed E-state index contributed by atoms with van der Waals surface area (Å²) in [6, 6.07) is 22.4. The van der Waals surface area contributed by atoms with Crippen LogP contribution in [0.1, 0.15) is 42.0 Å². The van der Waals surface area contributed by atoms with E-state index >= 15 is 0 Å². The van der Waals surface area contributed by atoms with Crippen LogP contribution in [0.3, 0.4) is 0 Å². The summed E-state index contributed by atoms with van der Waals surface area (Å²) in [6.45, 7) is 6.34. The zero-order valence-electron chi connectivity index (χ0n) is 23.2. The summed E-state index contributed by atoms with van der Waals surface area (Å²) < 4.78 is 26.3. The van der Waals surface area contributed by atoms with Crippen LogP contribution < -0.4 is 15.0 Å². The molecule has 5 aromatic rings. The van der Waals surface area contributed by atoms with Gasteiger partial charge in [-0.05, 0) is 84.1 Å². The highest BCUT2D eigenvalue weighted by molar-refractivity contribution is 6.30. The summed E-state index contributed by atoms with van der Waals surface area (Å²) >= 11 is 6.31. The Bertz CT molecular complexity index is 1810. The number of fused-ring (bicyclic) bond motifs is 1. The topological polar surface area (TPSA) is 65.7 Å². The molecule has 8 heteroatoms. The number of halogens is 2. The van der Waals surface area contributed by atoms with Gasteiger partial charge in [0.2, 0.25) is 0 Å². The molecule has 0 radical (unpaired) electrons. The van der Waals surface area contributed by atoms with Crippen molar-refractivity contribution in [1.29, 1.82) is 0 Å². The van der Waals surface area contributed by atoms with Gasteiger partial charge in [0.15, 0.2) is 5.82 Å². The van der Waals surface area contributed by atoms with E-state index in [-0.39, 0.29) is 23.9 Å². The zero-order valence-corrected chi connectivity index (χ0v) is 23.9. The molecule has 0 saturated heterocycles. The minimum atomic E-state index is -0.314. The average molecular weight is 570 g/mol. The lowest BCUT2D eigenvalue weighted by Gasteiger charge is -2.17. The Morgan fingerprint density at radius 2 is 1.78 bits per heavy atom. The highest BCUT2D eigenvalue weighted by Gasteiger charge is 2.18. The molecule has 208 valence electrons. The fraction of sp³-hybridized carbons (Fsp3) is 0.182. The SMILES string of the molecule is COc1cc(C)c(-c2nc3ccccc3c(=O)n2N=Cc2cc(Cl)ccc2OCc2ccc(F)cc2)cc1C(C)C. The molecule has 0 N–H and O–H groups in total. The molecule has 4 aromatic carbocycles. The summed E-state index contributed by atoms with van der Waals surface area (Å²) in [5.41, 5.74) is 4.30. The minimum Gasteiger partial charge on any atom is -0.496 e. The largest absolute Gasteiger partial charge is 0.496 e. The molecular formula is C33H29ClFN3O3. The lowest BCUT2D eigenvalue weighted by molar-refractivity contribution is 0.305. The molecule has 6 nitrogen and oxygen atoms in total. The van der Waals surface area contributed by atoms with Crippen LogP contribution in [0, 0.1) is 12.7 Å². The van der Waals surface area contributed by atoms with Gasteiger partial charge in [-0.3, -0.25) is 4.79 Å². The van der Waals surface area contributed by atoms with Crippen LogP contribution in [-0.2, 0) is 6.61 Å². The van der Waals surface area contributed by atoms with Gasteiger partial charge in [-0.25, -0.2) is 9.37 Å². The highest BCUT2D eigenvalue weighted by Crippen LogP contribution is 2.34. The van der Waals surface area contributed by atoms with Crippen molar-refractivity contribution >= 4 is 28.7 Å². The van der Waals surface area contributed by atoms with E-state index in [4.69, 9.17) is 26.1 Å². The molecule has 0 spiro atoms. The Hall–Kier alpha value is -4.49. The number of aryl methyl sites for hydroxylation is 1. The first kappa shape index (κ1) is 28.1. The second-order valence-electron chi connectivity index (χ2n) is 9.98. The summed E-state index contributed by atoms with van der Waals surface area (Å²) in [6.07, 6.45) is 1.54. The smallest absolute Gasteiger partial charge is 0.282 e. The molecule has 1 aromatic heterocycles. The van der Waals surface area contributed by atoms with Crippen LogP contribution in [-0.4, -0.2) is 23.0 Å². The number of benzene rings is 4. The first-order chi connectivity index (χ1) is 19.7. The van der Waals surface area contributed by atoms with E-state index in [0.29, 0.717) is 33.1 Å². The molecular weight excluding hydrogens is 541 g/mol. The Labute approximate surface area is 242 Å². The van der Waals surface area contributed by atoms with Gasteiger partial charge >= 0.3 is 0 Å². The van der Waals surface area contributed by atoms with Crippen LogP contribution in [0.5, 0.6) is 11.5 Å². The fourth-order valence-electron chi connectivity index (χ4n) is 4.59. The van der Waals surface area contributed by atoms with Crippen molar-refractivity contribution < 1.29 is 13.9 Å². The van der Waals surface area contributed by atoms with Crippen LogP contribution in [0.2, 0.25) is 5.02 Å². The first-order valence-corrected chi connectivity index (χ1v) is 13.5. The van der Waals surface area contributed by atoms with E-state index < -0.39 is 0 Å². The van der Waals surface area contributed by atoms with E-state index in [1.165, 1.54) is 23.0 Å². The van der Waals surface area contributed by atoms with Crippen LogP contribution in [0.15, 0.2) is 88.8 Å². The van der Waals surface area contributed by atoms with Gasteiger partial charge in [-0.2, -0.15) is 9.78 Å². The molecule has 1 heterocycles. The van der Waals surface area contributed by atoms with Crippen molar-refractivity contribution in [2.75, 3.05) is 7.11 Å². The summed E-state index contributed by atoms with van der Waals surface area (Å²) in [4.78, 5) is 18.7. The van der Waals surface area contributed by atoms with E-state index in [0.717, 1.165) is 28.0 Å². The van der Waals surface area contributed by atoms with Gasteiger partial charge in [-0.1, -0.05) is 49.7 Å². The molecule has 0 unspecified atom stereocenters. The van der Waals surface area contributed by atoms with Gasteiger partial charge in [0, 0.05) is 16.1 Å². The second kappa shape index (κ2) is 11.9. The third-order valence-corrected chi connectivity index (χ3v) is 7.02. The Morgan fingerprint density at radius 3 is 2.51 bits per heavy atom. The van der Waals surface area contributed by atoms with Crippen LogP contribution in [0.25, 0.3) is 22.3 Å². The maximum absolute atomic E-state index is 13.8. The van der Waals surface area contributed by atoms with Crippen molar-refractivity contribution in [2.45, 2.75) is 33.3 Å². The molecule has 41 heavy (non-hydrogen) atoms. The number of aromatic nitrogens is 2. The molecule has 0 aliphatic heterocycles.